The molecule has 0 unspecified atom stereocenters. The predicted octanol–water partition coefficient (Wildman–Crippen LogP) is 1.30. The van der Waals surface area contributed by atoms with E-state index in [1.54, 1.807) is 24.3 Å². The van der Waals surface area contributed by atoms with Gasteiger partial charge in [0.25, 0.3) is 5.91 Å². The average molecular weight is 278 g/mol. The third kappa shape index (κ3) is 5.27. The van der Waals surface area contributed by atoms with Crippen LogP contribution in [0.3, 0.4) is 0 Å². The monoisotopic (exact) mass is 278 g/mol. The summed E-state index contributed by atoms with van der Waals surface area (Å²) in [7, 11) is 0. The smallest absolute Gasteiger partial charge is 0.319 e. The van der Waals surface area contributed by atoms with Gasteiger partial charge in [0.1, 0.15) is 0 Å². The van der Waals surface area contributed by atoms with Crippen molar-refractivity contribution in [1.29, 1.82) is 0 Å². The number of rotatable bonds is 6. The Hall–Kier alpha value is -2.08. The normalized spacial score (nSPS) is 10.2. The van der Waals surface area contributed by atoms with E-state index in [0.717, 1.165) is 6.42 Å². The number of amides is 3. The van der Waals surface area contributed by atoms with Crippen molar-refractivity contribution in [2.24, 2.45) is 5.73 Å². The van der Waals surface area contributed by atoms with Crippen LogP contribution in [0, 0.1) is 0 Å². The molecule has 0 bridgehead atoms. The molecular weight excluding hydrogens is 256 g/mol. The topological polar surface area (TPSA) is 96.2 Å². The van der Waals surface area contributed by atoms with E-state index in [2.05, 4.69) is 16.0 Å². The molecular formula is C14H22N4O2. The highest BCUT2D eigenvalue weighted by molar-refractivity contribution is 6.03. The van der Waals surface area contributed by atoms with Crippen LogP contribution in [0.1, 0.15) is 30.6 Å². The third-order valence-corrected chi connectivity index (χ3v) is 2.51. The van der Waals surface area contributed by atoms with Gasteiger partial charge in [-0.3, -0.25) is 4.79 Å². The summed E-state index contributed by atoms with van der Waals surface area (Å²) < 4.78 is 0. The zero-order valence-corrected chi connectivity index (χ0v) is 11.9. The molecule has 0 fully saturated rings. The van der Waals surface area contributed by atoms with Gasteiger partial charge in [0.15, 0.2) is 0 Å². The molecule has 1 aromatic carbocycles. The van der Waals surface area contributed by atoms with Crippen molar-refractivity contribution in [3.63, 3.8) is 0 Å². The lowest BCUT2D eigenvalue weighted by Crippen LogP contribution is -2.35. The maximum Gasteiger partial charge on any atom is 0.319 e. The molecule has 6 nitrogen and oxygen atoms in total. The maximum absolute atomic E-state index is 12.0. The lowest BCUT2D eigenvalue weighted by atomic mass is 10.1. The molecule has 0 saturated heterocycles. The van der Waals surface area contributed by atoms with Gasteiger partial charge in [0.05, 0.1) is 11.3 Å². The first-order chi connectivity index (χ1) is 9.54. The van der Waals surface area contributed by atoms with Gasteiger partial charge in [-0.05, 0) is 38.9 Å². The zero-order valence-electron chi connectivity index (χ0n) is 11.9. The molecule has 0 aliphatic heterocycles. The van der Waals surface area contributed by atoms with E-state index in [1.807, 2.05) is 13.8 Å². The Morgan fingerprint density at radius 3 is 2.60 bits per heavy atom. The highest BCUT2D eigenvalue weighted by Gasteiger charge is 2.12. The summed E-state index contributed by atoms with van der Waals surface area (Å²) in [6.07, 6.45) is 0.717. The quantitative estimate of drug-likeness (QED) is 0.590. The summed E-state index contributed by atoms with van der Waals surface area (Å²) >= 11 is 0. The number of benzene rings is 1. The molecule has 0 radical (unpaired) electrons. The number of hydrogen-bond donors (Lipinski definition) is 4. The van der Waals surface area contributed by atoms with Gasteiger partial charge in [0, 0.05) is 12.6 Å². The lowest BCUT2D eigenvalue weighted by molar-refractivity contribution is 0.0954. The van der Waals surface area contributed by atoms with Crippen molar-refractivity contribution in [2.45, 2.75) is 26.3 Å². The molecule has 0 atom stereocenters. The molecule has 20 heavy (non-hydrogen) atoms. The molecule has 0 aromatic heterocycles. The number of anilines is 1. The number of para-hydroxylation sites is 1. The van der Waals surface area contributed by atoms with Crippen LogP contribution in [-0.4, -0.2) is 31.1 Å². The van der Waals surface area contributed by atoms with Crippen LogP contribution in [0.15, 0.2) is 24.3 Å². The number of hydrogen-bond acceptors (Lipinski definition) is 3. The van der Waals surface area contributed by atoms with Gasteiger partial charge in [-0.15, -0.1) is 0 Å². The lowest BCUT2D eigenvalue weighted by Gasteiger charge is -2.13. The van der Waals surface area contributed by atoms with Crippen molar-refractivity contribution in [3.05, 3.63) is 29.8 Å². The van der Waals surface area contributed by atoms with Gasteiger partial charge >= 0.3 is 6.03 Å². The fraction of sp³-hybridized carbons (Fsp3) is 0.429. The fourth-order valence-corrected chi connectivity index (χ4v) is 1.61. The first-order valence-corrected chi connectivity index (χ1v) is 6.69. The van der Waals surface area contributed by atoms with Gasteiger partial charge in [-0.25, -0.2) is 4.79 Å². The summed E-state index contributed by atoms with van der Waals surface area (Å²) in [6.45, 7) is 4.77. The van der Waals surface area contributed by atoms with Crippen LogP contribution in [0.5, 0.6) is 0 Å². The molecule has 0 aliphatic carbocycles. The van der Waals surface area contributed by atoms with Crippen LogP contribution in [0.25, 0.3) is 0 Å². The second-order valence-corrected chi connectivity index (χ2v) is 4.70. The van der Waals surface area contributed by atoms with Gasteiger partial charge < -0.3 is 21.7 Å². The van der Waals surface area contributed by atoms with E-state index < -0.39 is 0 Å². The molecule has 6 heteroatoms. The highest BCUT2D eigenvalue weighted by Crippen LogP contribution is 2.14. The second-order valence-electron chi connectivity index (χ2n) is 4.70. The Bertz CT molecular complexity index is 460. The maximum atomic E-state index is 12.0. The Morgan fingerprint density at radius 1 is 1.25 bits per heavy atom. The Kier molecular flexibility index (Phi) is 6.52. The van der Waals surface area contributed by atoms with Crippen LogP contribution in [0.4, 0.5) is 10.5 Å². The minimum absolute atomic E-state index is 0.0283. The molecule has 5 N–H and O–H groups in total. The molecule has 110 valence electrons. The molecule has 1 rings (SSSR count). The van der Waals surface area contributed by atoms with Crippen molar-refractivity contribution in [3.8, 4) is 0 Å². The zero-order chi connectivity index (χ0) is 15.0. The summed E-state index contributed by atoms with van der Waals surface area (Å²) in [4.78, 5) is 23.7. The van der Waals surface area contributed by atoms with E-state index in [9.17, 15) is 9.59 Å². The molecule has 0 heterocycles. The van der Waals surface area contributed by atoms with Crippen LogP contribution in [-0.2, 0) is 0 Å². The number of nitrogens with two attached hydrogens (primary N) is 1. The van der Waals surface area contributed by atoms with Crippen molar-refractivity contribution in [2.75, 3.05) is 18.4 Å². The number of carbonyl (C=O) groups excluding carboxylic acids is 2. The Balaban J connectivity index is 2.72. The van der Waals surface area contributed by atoms with E-state index in [4.69, 9.17) is 5.73 Å². The SMILES string of the molecule is CC(C)NC(=O)Nc1ccccc1C(=O)NCCCN. The predicted molar refractivity (Wildman–Crippen MR) is 79.7 cm³/mol. The highest BCUT2D eigenvalue weighted by atomic mass is 16.2. The first kappa shape index (κ1) is 16.0. The molecule has 0 saturated carbocycles. The molecule has 0 aliphatic rings. The van der Waals surface area contributed by atoms with Crippen molar-refractivity contribution in [1.82, 2.24) is 10.6 Å². The van der Waals surface area contributed by atoms with Crippen LogP contribution >= 0.6 is 0 Å². The van der Waals surface area contributed by atoms with E-state index in [-0.39, 0.29) is 18.0 Å². The first-order valence-electron chi connectivity index (χ1n) is 6.69. The molecule has 3 amide bonds. The van der Waals surface area contributed by atoms with Gasteiger partial charge in [-0.1, -0.05) is 12.1 Å². The van der Waals surface area contributed by atoms with Gasteiger partial charge in [0.2, 0.25) is 0 Å². The second kappa shape index (κ2) is 8.16. The van der Waals surface area contributed by atoms with Crippen LogP contribution < -0.4 is 21.7 Å². The summed E-state index contributed by atoms with van der Waals surface area (Å²) in [5, 5.41) is 8.15. The van der Waals surface area contributed by atoms with E-state index in [1.165, 1.54) is 0 Å². The Morgan fingerprint density at radius 2 is 1.95 bits per heavy atom. The van der Waals surface area contributed by atoms with Crippen LogP contribution in [0.2, 0.25) is 0 Å². The standard InChI is InChI=1S/C14H22N4O2/c1-10(2)17-14(20)18-12-7-4-3-6-11(12)13(19)16-9-5-8-15/h3-4,6-7,10H,5,8-9,15H2,1-2H3,(H,16,19)(H2,17,18,20). The van der Waals surface area contributed by atoms with Crippen molar-refractivity contribution < 1.29 is 9.59 Å². The fourth-order valence-electron chi connectivity index (χ4n) is 1.61. The average Bonchev–Trinajstić information content (AvgIpc) is 2.38. The summed E-state index contributed by atoms with van der Waals surface area (Å²) in [5.41, 5.74) is 6.30. The minimum atomic E-state index is -0.331. The van der Waals surface area contributed by atoms with Crippen molar-refractivity contribution >= 4 is 17.6 Å². The third-order valence-electron chi connectivity index (χ3n) is 2.51. The largest absolute Gasteiger partial charge is 0.352 e. The van der Waals surface area contributed by atoms with Gasteiger partial charge in [-0.2, -0.15) is 0 Å². The summed E-state index contributed by atoms with van der Waals surface area (Å²) in [5.74, 6) is -0.223. The van der Waals surface area contributed by atoms with E-state index >= 15 is 0 Å². The summed E-state index contributed by atoms with van der Waals surface area (Å²) in [6, 6.07) is 6.58. The number of urea groups is 1. The number of nitrogens with one attached hydrogen (secondary N) is 3. The van der Waals surface area contributed by atoms with E-state index in [0.29, 0.717) is 24.3 Å². The number of carbonyl (C=O) groups is 2. The Labute approximate surface area is 119 Å². The molecule has 0 spiro atoms. The minimum Gasteiger partial charge on any atom is -0.352 e. The molecule has 1 aromatic rings.